The predicted octanol–water partition coefficient (Wildman–Crippen LogP) is 2.89. The summed E-state index contributed by atoms with van der Waals surface area (Å²) in [5.74, 6) is 0.374. The number of rotatable bonds is 2. The van der Waals surface area contributed by atoms with Crippen LogP contribution in [0.1, 0.15) is 11.3 Å². The van der Waals surface area contributed by atoms with Crippen molar-refractivity contribution in [2.45, 2.75) is 13.8 Å². The van der Waals surface area contributed by atoms with Crippen molar-refractivity contribution in [3.8, 4) is 5.69 Å². The Kier molecular flexibility index (Phi) is 2.33. The summed E-state index contributed by atoms with van der Waals surface area (Å²) in [4.78, 5) is 10.7. The molecule has 1 aromatic heterocycles. The van der Waals surface area contributed by atoms with Gasteiger partial charge in [-0.2, -0.15) is 5.10 Å². The van der Waals surface area contributed by atoms with Gasteiger partial charge in [-0.25, -0.2) is 4.68 Å². The lowest BCUT2D eigenvalue weighted by atomic mass is 10.3. The van der Waals surface area contributed by atoms with Gasteiger partial charge in [0.05, 0.1) is 11.4 Å². The van der Waals surface area contributed by atoms with Crippen LogP contribution in [0.4, 0.5) is 5.82 Å². The zero-order valence-corrected chi connectivity index (χ0v) is 8.64. The highest BCUT2D eigenvalue weighted by atomic mass is 16.3. The molecule has 15 heavy (non-hydrogen) atoms. The van der Waals surface area contributed by atoms with Crippen LogP contribution in [0.25, 0.3) is 5.69 Å². The lowest BCUT2D eigenvalue weighted by Crippen LogP contribution is -1.95. The van der Waals surface area contributed by atoms with Crippen LogP contribution in [0.15, 0.2) is 35.5 Å². The molecule has 0 atom stereocenters. The summed E-state index contributed by atoms with van der Waals surface area (Å²) in [5, 5.41) is 7.29. The van der Waals surface area contributed by atoms with E-state index in [0.717, 1.165) is 16.9 Å². The topological polar surface area (TPSA) is 47.2 Å². The quantitative estimate of drug-likeness (QED) is 0.701. The standard InChI is InChI=1S/C11H11N3O/c1-8-9(2)12-14(11(8)13-15)10-6-4-3-5-7-10/h3-7H,1-2H3. The maximum Gasteiger partial charge on any atom is 0.203 e. The SMILES string of the molecule is Cc1nn(-c2ccccc2)c(N=O)c1C. The third-order valence-corrected chi connectivity index (χ3v) is 2.42. The van der Waals surface area contributed by atoms with Crippen molar-refractivity contribution in [1.29, 1.82) is 0 Å². The number of hydrogen-bond acceptors (Lipinski definition) is 3. The molecule has 4 heteroatoms. The minimum absolute atomic E-state index is 0.374. The molecular formula is C11H11N3O. The lowest BCUT2D eigenvalue weighted by Gasteiger charge is -2.01. The molecule has 2 rings (SSSR count). The molecule has 0 bridgehead atoms. The molecule has 0 N–H and O–H groups in total. The fourth-order valence-electron chi connectivity index (χ4n) is 1.45. The summed E-state index contributed by atoms with van der Waals surface area (Å²) in [6, 6.07) is 9.49. The Bertz CT molecular complexity index is 488. The van der Waals surface area contributed by atoms with Crippen molar-refractivity contribution in [1.82, 2.24) is 9.78 Å². The Morgan fingerprint density at radius 2 is 1.87 bits per heavy atom. The number of aryl methyl sites for hydroxylation is 1. The van der Waals surface area contributed by atoms with Crippen molar-refractivity contribution in [3.05, 3.63) is 46.5 Å². The van der Waals surface area contributed by atoms with Gasteiger partial charge >= 0.3 is 0 Å². The van der Waals surface area contributed by atoms with Crippen molar-refractivity contribution < 1.29 is 0 Å². The second-order valence-corrected chi connectivity index (χ2v) is 3.37. The van der Waals surface area contributed by atoms with Gasteiger partial charge in [-0.05, 0) is 31.2 Å². The number of nitroso groups, excluding NO2 is 1. The van der Waals surface area contributed by atoms with E-state index in [9.17, 15) is 4.91 Å². The van der Waals surface area contributed by atoms with Crippen LogP contribution < -0.4 is 0 Å². The molecule has 76 valence electrons. The van der Waals surface area contributed by atoms with E-state index in [4.69, 9.17) is 0 Å². The van der Waals surface area contributed by atoms with Crippen molar-refractivity contribution in [2.75, 3.05) is 0 Å². The van der Waals surface area contributed by atoms with Crippen LogP contribution in [0.2, 0.25) is 0 Å². The molecule has 0 amide bonds. The fraction of sp³-hybridized carbons (Fsp3) is 0.182. The number of hydrogen-bond donors (Lipinski definition) is 0. The number of benzene rings is 1. The van der Waals surface area contributed by atoms with Gasteiger partial charge in [-0.1, -0.05) is 18.2 Å². The largest absolute Gasteiger partial charge is 0.212 e. The summed E-state index contributed by atoms with van der Waals surface area (Å²) in [6.45, 7) is 3.71. The smallest absolute Gasteiger partial charge is 0.203 e. The molecule has 2 aromatic rings. The van der Waals surface area contributed by atoms with Gasteiger partial charge in [-0.3, -0.25) is 0 Å². The third kappa shape index (κ3) is 1.54. The Morgan fingerprint density at radius 3 is 2.47 bits per heavy atom. The van der Waals surface area contributed by atoms with E-state index in [-0.39, 0.29) is 0 Å². The molecule has 0 unspecified atom stereocenters. The molecule has 0 spiro atoms. The maximum atomic E-state index is 10.7. The Balaban J connectivity index is 2.63. The van der Waals surface area contributed by atoms with Gasteiger partial charge in [-0.15, -0.1) is 4.91 Å². The average Bonchev–Trinajstić information content (AvgIpc) is 2.56. The van der Waals surface area contributed by atoms with Crippen LogP contribution in [-0.4, -0.2) is 9.78 Å². The first-order valence-electron chi connectivity index (χ1n) is 4.69. The van der Waals surface area contributed by atoms with Crippen molar-refractivity contribution in [2.24, 2.45) is 5.18 Å². The van der Waals surface area contributed by atoms with E-state index in [0.29, 0.717) is 5.82 Å². The average molecular weight is 201 g/mol. The summed E-state index contributed by atoms with van der Waals surface area (Å²) < 4.78 is 1.57. The summed E-state index contributed by atoms with van der Waals surface area (Å²) in [6.07, 6.45) is 0. The zero-order chi connectivity index (χ0) is 10.8. The van der Waals surface area contributed by atoms with Crippen molar-refractivity contribution >= 4 is 5.82 Å². The van der Waals surface area contributed by atoms with Gasteiger partial charge in [0.1, 0.15) is 0 Å². The van der Waals surface area contributed by atoms with Crippen LogP contribution in [0.3, 0.4) is 0 Å². The Hall–Kier alpha value is -1.97. The molecule has 0 aliphatic heterocycles. The molecule has 0 saturated carbocycles. The minimum Gasteiger partial charge on any atom is -0.212 e. The minimum atomic E-state index is 0.374. The van der Waals surface area contributed by atoms with Gasteiger partial charge in [0.25, 0.3) is 0 Å². The summed E-state index contributed by atoms with van der Waals surface area (Å²) in [7, 11) is 0. The highest BCUT2D eigenvalue weighted by Crippen LogP contribution is 2.24. The van der Waals surface area contributed by atoms with Crippen molar-refractivity contribution in [3.63, 3.8) is 0 Å². The van der Waals surface area contributed by atoms with E-state index in [1.807, 2.05) is 44.2 Å². The highest BCUT2D eigenvalue weighted by molar-refractivity contribution is 5.48. The molecule has 1 heterocycles. The van der Waals surface area contributed by atoms with Crippen LogP contribution >= 0.6 is 0 Å². The van der Waals surface area contributed by atoms with E-state index in [1.165, 1.54) is 0 Å². The first-order chi connectivity index (χ1) is 7.24. The number of para-hydroxylation sites is 1. The third-order valence-electron chi connectivity index (χ3n) is 2.42. The van der Waals surface area contributed by atoms with E-state index in [1.54, 1.807) is 4.68 Å². The second kappa shape index (κ2) is 3.65. The van der Waals surface area contributed by atoms with Gasteiger partial charge in [0, 0.05) is 5.56 Å². The molecule has 0 fully saturated rings. The predicted molar refractivity (Wildman–Crippen MR) is 58.5 cm³/mol. The zero-order valence-electron chi connectivity index (χ0n) is 8.64. The van der Waals surface area contributed by atoms with Gasteiger partial charge < -0.3 is 0 Å². The first-order valence-corrected chi connectivity index (χ1v) is 4.69. The first kappa shape index (κ1) is 9.58. The molecule has 0 radical (unpaired) electrons. The molecule has 0 aliphatic rings. The maximum absolute atomic E-state index is 10.7. The molecule has 4 nitrogen and oxygen atoms in total. The molecular weight excluding hydrogens is 190 g/mol. The Labute approximate surface area is 87.5 Å². The normalized spacial score (nSPS) is 10.3. The monoisotopic (exact) mass is 201 g/mol. The van der Waals surface area contributed by atoms with Crippen LogP contribution in [0, 0.1) is 18.8 Å². The number of aromatic nitrogens is 2. The number of nitrogens with zero attached hydrogens (tertiary/aromatic N) is 3. The lowest BCUT2D eigenvalue weighted by molar-refractivity contribution is 0.862. The molecule has 0 saturated heterocycles. The highest BCUT2D eigenvalue weighted by Gasteiger charge is 2.12. The van der Waals surface area contributed by atoms with E-state index >= 15 is 0 Å². The summed E-state index contributed by atoms with van der Waals surface area (Å²) in [5.41, 5.74) is 2.51. The second-order valence-electron chi connectivity index (χ2n) is 3.37. The fourth-order valence-corrected chi connectivity index (χ4v) is 1.45. The Morgan fingerprint density at radius 1 is 1.20 bits per heavy atom. The molecule has 1 aromatic carbocycles. The van der Waals surface area contributed by atoms with Crippen LogP contribution in [-0.2, 0) is 0 Å². The van der Waals surface area contributed by atoms with Gasteiger partial charge in [0.2, 0.25) is 5.82 Å². The summed E-state index contributed by atoms with van der Waals surface area (Å²) >= 11 is 0. The van der Waals surface area contributed by atoms with Crippen LogP contribution in [0.5, 0.6) is 0 Å². The molecule has 0 aliphatic carbocycles. The van der Waals surface area contributed by atoms with Gasteiger partial charge in [0.15, 0.2) is 0 Å². The van der Waals surface area contributed by atoms with E-state index < -0.39 is 0 Å². The van der Waals surface area contributed by atoms with E-state index in [2.05, 4.69) is 10.3 Å².